The summed E-state index contributed by atoms with van der Waals surface area (Å²) in [7, 11) is 0. The molecule has 0 saturated heterocycles. The van der Waals surface area contributed by atoms with Gasteiger partial charge in [0.15, 0.2) is 0 Å². The quantitative estimate of drug-likeness (QED) is 0.797. The minimum Gasteiger partial charge on any atom is -0.291 e. The lowest BCUT2D eigenvalue weighted by molar-refractivity contribution is -0.141. The lowest BCUT2D eigenvalue weighted by Crippen LogP contribution is -2.24. The Balaban J connectivity index is 2.28. The summed E-state index contributed by atoms with van der Waals surface area (Å²) in [6, 6.07) is 0.534. The van der Waals surface area contributed by atoms with Crippen molar-refractivity contribution in [3.63, 3.8) is 0 Å². The van der Waals surface area contributed by atoms with Crippen LogP contribution < -0.4 is 5.56 Å². The normalized spacial score (nSPS) is 18.9. The van der Waals surface area contributed by atoms with E-state index in [9.17, 15) is 18.0 Å². The van der Waals surface area contributed by atoms with E-state index in [0.717, 1.165) is 36.8 Å². The topological polar surface area (TPSA) is 37.8 Å². The van der Waals surface area contributed by atoms with E-state index in [0.29, 0.717) is 6.07 Å². The Morgan fingerprint density at radius 1 is 1.25 bits per heavy atom. The predicted octanol–water partition coefficient (Wildman–Crippen LogP) is 2.70. The van der Waals surface area contributed by atoms with E-state index in [1.54, 1.807) is 0 Å². The van der Waals surface area contributed by atoms with Crippen LogP contribution in [0.25, 0.3) is 0 Å². The Kier molecular flexibility index (Phi) is 2.82. The fourth-order valence-corrected chi connectivity index (χ4v) is 2.17. The SMILES string of the molecule is O=c1cc(C(F)(F)F)[nH]n1C1CCCCC1. The summed E-state index contributed by atoms with van der Waals surface area (Å²) in [5.41, 5.74) is -1.54. The van der Waals surface area contributed by atoms with Crippen LogP contribution in [0.15, 0.2) is 10.9 Å². The van der Waals surface area contributed by atoms with Gasteiger partial charge in [-0.3, -0.25) is 9.89 Å². The third-order valence-electron chi connectivity index (χ3n) is 2.99. The van der Waals surface area contributed by atoms with Gasteiger partial charge in [0, 0.05) is 6.07 Å². The number of halogens is 3. The molecule has 0 amide bonds. The van der Waals surface area contributed by atoms with Crippen LogP contribution in [0.3, 0.4) is 0 Å². The van der Waals surface area contributed by atoms with Crippen LogP contribution in [0.2, 0.25) is 0 Å². The van der Waals surface area contributed by atoms with Crippen molar-refractivity contribution in [1.82, 2.24) is 9.78 Å². The highest BCUT2D eigenvalue weighted by molar-refractivity contribution is 5.04. The zero-order valence-corrected chi connectivity index (χ0v) is 8.68. The highest BCUT2D eigenvalue weighted by Crippen LogP contribution is 2.29. The molecule has 1 aliphatic carbocycles. The van der Waals surface area contributed by atoms with Crippen LogP contribution in [-0.4, -0.2) is 9.78 Å². The van der Waals surface area contributed by atoms with Crippen molar-refractivity contribution in [3.8, 4) is 0 Å². The van der Waals surface area contributed by atoms with Gasteiger partial charge in [-0.15, -0.1) is 0 Å². The fraction of sp³-hybridized carbons (Fsp3) is 0.700. The largest absolute Gasteiger partial charge is 0.432 e. The monoisotopic (exact) mass is 234 g/mol. The smallest absolute Gasteiger partial charge is 0.291 e. The lowest BCUT2D eigenvalue weighted by atomic mass is 9.96. The Bertz CT molecular complexity index is 412. The number of H-pyrrole nitrogens is 1. The van der Waals surface area contributed by atoms with Crippen molar-refractivity contribution in [2.24, 2.45) is 0 Å². The molecule has 1 N–H and O–H groups in total. The van der Waals surface area contributed by atoms with E-state index in [2.05, 4.69) is 5.10 Å². The zero-order chi connectivity index (χ0) is 11.8. The summed E-state index contributed by atoms with van der Waals surface area (Å²) in [6.45, 7) is 0. The Labute approximate surface area is 90.2 Å². The summed E-state index contributed by atoms with van der Waals surface area (Å²) in [5.74, 6) is 0. The Morgan fingerprint density at radius 2 is 1.88 bits per heavy atom. The maximum atomic E-state index is 12.4. The van der Waals surface area contributed by atoms with Crippen LogP contribution in [-0.2, 0) is 6.18 Å². The number of nitrogens with one attached hydrogen (secondary N) is 1. The van der Waals surface area contributed by atoms with E-state index < -0.39 is 17.4 Å². The number of rotatable bonds is 1. The molecule has 1 aromatic rings. The molecule has 0 bridgehead atoms. The van der Waals surface area contributed by atoms with Crippen LogP contribution in [0.4, 0.5) is 13.2 Å². The summed E-state index contributed by atoms with van der Waals surface area (Å²) >= 11 is 0. The highest BCUT2D eigenvalue weighted by atomic mass is 19.4. The molecule has 1 fully saturated rings. The summed E-state index contributed by atoms with van der Waals surface area (Å²) in [4.78, 5) is 11.4. The number of hydrogen-bond acceptors (Lipinski definition) is 1. The number of hydrogen-bond donors (Lipinski definition) is 1. The molecule has 2 rings (SSSR count). The first-order valence-corrected chi connectivity index (χ1v) is 5.37. The average molecular weight is 234 g/mol. The van der Waals surface area contributed by atoms with Gasteiger partial charge in [0.05, 0.1) is 6.04 Å². The first-order valence-electron chi connectivity index (χ1n) is 5.37. The molecule has 90 valence electrons. The molecule has 0 atom stereocenters. The van der Waals surface area contributed by atoms with Crippen LogP contribution in [0, 0.1) is 0 Å². The molecule has 1 aliphatic rings. The minimum atomic E-state index is -4.47. The van der Waals surface area contributed by atoms with Crippen molar-refractivity contribution in [2.75, 3.05) is 0 Å². The molecule has 0 radical (unpaired) electrons. The number of aromatic nitrogens is 2. The molecule has 0 spiro atoms. The van der Waals surface area contributed by atoms with Gasteiger partial charge in [-0.1, -0.05) is 19.3 Å². The van der Waals surface area contributed by atoms with Gasteiger partial charge in [0.2, 0.25) is 0 Å². The fourth-order valence-electron chi connectivity index (χ4n) is 2.17. The molecule has 1 heterocycles. The Morgan fingerprint density at radius 3 is 2.38 bits per heavy atom. The number of alkyl halides is 3. The third-order valence-corrected chi connectivity index (χ3v) is 2.99. The molecule has 0 aromatic carbocycles. The van der Waals surface area contributed by atoms with E-state index >= 15 is 0 Å². The highest BCUT2D eigenvalue weighted by Gasteiger charge is 2.34. The van der Waals surface area contributed by atoms with Crippen LogP contribution in [0.1, 0.15) is 43.8 Å². The second-order valence-corrected chi connectivity index (χ2v) is 4.17. The lowest BCUT2D eigenvalue weighted by Gasteiger charge is -2.22. The van der Waals surface area contributed by atoms with Crippen molar-refractivity contribution in [3.05, 3.63) is 22.1 Å². The van der Waals surface area contributed by atoms with Gasteiger partial charge < -0.3 is 0 Å². The van der Waals surface area contributed by atoms with Gasteiger partial charge in [0.1, 0.15) is 5.69 Å². The second kappa shape index (κ2) is 3.99. The van der Waals surface area contributed by atoms with Gasteiger partial charge in [-0.05, 0) is 12.8 Å². The molecule has 1 saturated carbocycles. The van der Waals surface area contributed by atoms with Gasteiger partial charge >= 0.3 is 6.18 Å². The van der Waals surface area contributed by atoms with Gasteiger partial charge in [-0.2, -0.15) is 13.2 Å². The molecular weight excluding hydrogens is 221 g/mol. The van der Waals surface area contributed by atoms with Gasteiger partial charge in [-0.25, -0.2) is 4.68 Å². The first kappa shape index (κ1) is 11.3. The minimum absolute atomic E-state index is 0.0997. The zero-order valence-electron chi connectivity index (χ0n) is 8.68. The predicted molar refractivity (Wildman–Crippen MR) is 52.2 cm³/mol. The first-order chi connectivity index (χ1) is 7.48. The van der Waals surface area contributed by atoms with Crippen LogP contribution >= 0.6 is 0 Å². The average Bonchev–Trinajstić information content (AvgIpc) is 2.61. The molecule has 3 nitrogen and oxygen atoms in total. The number of nitrogens with zero attached hydrogens (tertiary/aromatic N) is 1. The summed E-state index contributed by atoms with van der Waals surface area (Å²) in [6.07, 6.45) is 0.113. The summed E-state index contributed by atoms with van der Waals surface area (Å²) < 4.78 is 38.2. The van der Waals surface area contributed by atoms with Crippen molar-refractivity contribution < 1.29 is 13.2 Å². The maximum absolute atomic E-state index is 12.4. The molecule has 6 heteroatoms. The molecule has 1 aromatic heterocycles. The van der Waals surface area contributed by atoms with E-state index in [-0.39, 0.29) is 6.04 Å². The second-order valence-electron chi connectivity index (χ2n) is 4.17. The maximum Gasteiger partial charge on any atom is 0.432 e. The Hall–Kier alpha value is -1.20. The van der Waals surface area contributed by atoms with Crippen molar-refractivity contribution >= 4 is 0 Å². The van der Waals surface area contributed by atoms with Crippen molar-refractivity contribution in [2.45, 2.75) is 44.3 Å². The van der Waals surface area contributed by atoms with E-state index in [4.69, 9.17) is 0 Å². The summed E-state index contributed by atoms with van der Waals surface area (Å²) in [5, 5.41) is 2.17. The van der Waals surface area contributed by atoms with Crippen LogP contribution in [0.5, 0.6) is 0 Å². The molecule has 0 unspecified atom stereocenters. The standard InChI is InChI=1S/C10H13F3N2O/c11-10(12,13)8-6-9(16)15(14-8)7-4-2-1-3-5-7/h6-7,14H,1-5H2. The van der Waals surface area contributed by atoms with Gasteiger partial charge in [0.25, 0.3) is 5.56 Å². The van der Waals surface area contributed by atoms with E-state index in [1.807, 2.05) is 0 Å². The van der Waals surface area contributed by atoms with E-state index in [1.165, 1.54) is 0 Å². The number of aromatic amines is 1. The molecule has 16 heavy (non-hydrogen) atoms. The molecule has 0 aliphatic heterocycles. The molecular formula is C10H13F3N2O. The van der Waals surface area contributed by atoms with Crippen molar-refractivity contribution in [1.29, 1.82) is 0 Å². The third kappa shape index (κ3) is 2.15.